The van der Waals surface area contributed by atoms with Crippen LogP contribution in [0.2, 0.25) is 0 Å². The predicted molar refractivity (Wildman–Crippen MR) is 123 cm³/mol. The number of hydrogen-bond donors (Lipinski definition) is 0. The summed E-state index contributed by atoms with van der Waals surface area (Å²) in [7, 11) is 3.70. The fourth-order valence-electron chi connectivity index (χ4n) is 4.19. The molecule has 1 aliphatic rings. The van der Waals surface area contributed by atoms with Crippen LogP contribution in [0.1, 0.15) is 50.7 Å². The summed E-state index contributed by atoms with van der Waals surface area (Å²) in [6.45, 7) is 10.2. The van der Waals surface area contributed by atoms with Gasteiger partial charge in [-0.2, -0.15) is 0 Å². The number of likely N-dealkylation sites (N-methyl/N-ethyl adjacent to an activating group) is 1. The maximum absolute atomic E-state index is 12.5. The summed E-state index contributed by atoms with van der Waals surface area (Å²) in [4.78, 5) is 20.2. The molecule has 30 heavy (non-hydrogen) atoms. The quantitative estimate of drug-likeness (QED) is 0.577. The molecule has 0 spiro atoms. The molecule has 1 atom stereocenters. The van der Waals surface area contributed by atoms with Crippen LogP contribution < -0.4 is 4.90 Å². The van der Waals surface area contributed by atoms with E-state index in [0.29, 0.717) is 6.04 Å². The molecular weight excluding hydrogens is 396 g/mol. The van der Waals surface area contributed by atoms with E-state index in [0.717, 1.165) is 63.6 Å². The number of thiophene rings is 1. The number of aromatic nitrogens is 3. The lowest BCUT2D eigenvalue weighted by Crippen LogP contribution is -2.43. The lowest BCUT2D eigenvalue weighted by Gasteiger charge is -2.28. The van der Waals surface area contributed by atoms with Crippen molar-refractivity contribution in [3.63, 3.8) is 0 Å². The van der Waals surface area contributed by atoms with Gasteiger partial charge in [-0.15, -0.1) is 21.5 Å². The number of rotatable bonds is 10. The Morgan fingerprint density at radius 1 is 1.30 bits per heavy atom. The monoisotopic (exact) mass is 432 g/mol. The zero-order valence-corrected chi connectivity index (χ0v) is 19.9. The zero-order chi connectivity index (χ0) is 21.7. The van der Waals surface area contributed by atoms with Crippen LogP contribution in [0.15, 0.2) is 17.5 Å². The van der Waals surface area contributed by atoms with Crippen molar-refractivity contribution in [2.75, 3.05) is 32.1 Å². The third-order valence-corrected chi connectivity index (χ3v) is 6.69. The maximum Gasteiger partial charge on any atom is 0.239 e. The van der Waals surface area contributed by atoms with Crippen LogP contribution in [-0.2, 0) is 24.3 Å². The summed E-state index contributed by atoms with van der Waals surface area (Å²) in [6.07, 6.45) is 3.92. The van der Waals surface area contributed by atoms with Gasteiger partial charge in [0.25, 0.3) is 0 Å². The van der Waals surface area contributed by atoms with Crippen molar-refractivity contribution < 1.29 is 4.79 Å². The van der Waals surface area contributed by atoms with Gasteiger partial charge in [-0.1, -0.05) is 13.0 Å². The Morgan fingerprint density at radius 2 is 2.10 bits per heavy atom. The maximum atomic E-state index is 12.5. The van der Waals surface area contributed by atoms with Gasteiger partial charge in [0, 0.05) is 44.5 Å². The number of anilines is 1. The van der Waals surface area contributed by atoms with Gasteiger partial charge in [0.15, 0.2) is 0 Å². The molecule has 1 unspecified atom stereocenters. The fraction of sp³-hybridized carbons (Fsp3) is 0.682. The van der Waals surface area contributed by atoms with Crippen molar-refractivity contribution in [2.24, 2.45) is 0 Å². The molecule has 3 heterocycles. The molecule has 1 amide bonds. The van der Waals surface area contributed by atoms with Gasteiger partial charge in [-0.05, 0) is 51.1 Å². The molecule has 166 valence electrons. The lowest BCUT2D eigenvalue weighted by molar-refractivity contribution is -0.133. The Morgan fingerprint density at radius 3 is 2.73 bits per heavy atom. The first-order valence-electron chi connectivity index (χ1n) is 11.1. The summed E-state index contributed by atoms with van der Waals surface area (Å²) in [5, 5.41) is 11.2. The van der Waals surface area contributed by atoms with E-state index in [9.17, 15) is 4.79 Å². The zero-order valence-electron chi connectivity index (χ0n) is 19.0. The molecule has 8 heteroatoms. The normalized spacial score (nSPS) is 17.1. The van der Waals surface area contributed by atoms with E-state index in [1.807, 2.05) is 14.1 Å². The van der Waals surface area contributed by atoms with Crippen LogP contribution in [0.4, 0.5) is 5.95 Å². The van der Waals surface area contributed by atoms with Gasteiger partial charge in [-0.3, -0.25) is 14.3 Å². The molecule has 1 saturated heterocycles. The highest BCUT2D eigenvalue weighted by Gasteiger charge is 2.31. The third kappa shape index (κ3) is 5.21. The van der Waals surface area contributed by atoms with Crippen molar-refractivity contribution in [3.05, 3.63) is 28.2 Å². The van der Waals surface area contributed by atoms with Gasteiger partial charge >= 0.3 is 0 Å². The van der Waals surface area contributed by atoms with Crippen LogP contribution in [0.3, 0.4) is 0 Å². The van der Waals surface area contributed by atoms with E-state index in [1.54, 1.807) is 16.2 Å². The van der Waals surface area contributed by atoms with Crippen molar-refractivity contribution in [1.82, 2.24) is 24.6 Å². The van der Waals surface area contributed by atoms with Crippen molar-refractivity contribution in [1.29, 1.82) is 0 Å². The smallest absolute Gasteiger partial charge is 0.239 e. The Labute approximate surface area is 184 Å². The number of likely N-dealkylation sites (tertiary alicyclic amines) is 1. The predicted octanol–water partition coefficient (Wildman–Crippen LogP) is 3.26. The minimum absolute atomic E-state index is 0.0389. The van der Waals surface area contributed by atoms with Gasteiger partial charge in [0.2, 0.25) is 11.9 Å². The molecule has 1 aliphatic heterocycles. The number of carbonyl (C=O) groups is 1. The van der Waals surface area contributed by atoms with Crippen LogP contribution in [0.5, 0.6) is 0 Å². The van der Waals surface area contributed by atoms with Crippen LogP contribution in [0.25, 0.3) is 0 Å². The second-order valence-corrected chi connectivity index (χ2v) is 9.53. The van der Waals surface area contributed by atoms with Gasteiger partial charge in [-0.25, -0.2) is 0 Å². The summed E-state index contributed by atoms with van der Waals surface area (Å²) < 4.78 is 2.28. The molecule has 0 saturated carbocycles. The minimum atomic E-state index is 0.0389. The van der Waals surface area contributed by atoms with E-state index < -0.39 is 0 Å². The van der Waals surface area contributed by atoms with Gasteiger partial charge < -0.3 is 9.80 Å². The molecule has 1 fully saturated rings. The number of aryl methyl sites for hydroxylation is 1. The molecule has 2 aromatic rings. The van der Waals surface area contributed by atoms with Crippen molar-refractivity contribution in [2.45, 2.75) is 71.6 Å². The first-order valence-corrected chi connectivity index (χ1v) is 12.0. The number of hydrogen-bond acceptors (Lipinski definition) is 6. The molecule has 0 aromatic carbocycles. The first-order chi connectivity index (χ1) is 14.4. The molecule has 0 aliphatic carbocycles. The standard InChI is InChI=1S/C22H36N6OS/c1-6-20-23-24-22(28(17(2)3)16-18-10-8-15-30-18)27(20)14-9-13-26-12-7-11-19(26)21(29)25(4)5/h8,10,15,17,19H,6-7,9,11-14,16H2,1-5H3. The van der Waals surface area contributed by atoms with Crippen LogP contribution in [-0.4, -0.2) is 69.7 Å². The van der Waals surface area contributed by atoms with Crippen molar-refractivity contribution in [3.8, 4) is 0 Å². The molecule has 2 aromatic heterocycles. The number of carbonyl (C=O) groups excluding carboxylic acids is 1. The van der Waals surface area contributed by atoms with E-state index in [1.165, 1.54) is 4.88 Å². The highest BCUT2D eigenvalue weighted by molar-refractivity contribution is 7.09. The van der Waals surface area contributed by atoms with E-state index >= 15 is 0 Å². The highest BCUT2D eigenvalue weighted by atomic mass is 32.1. The first kappa shape index (κ1) is 22.7. The Bertz CT molecular complexity index is 801. The van der Waals surface area contributed by atoms with Gasteiger partial charge in [0.1, 0.15) is 5.82 Å². The van der Waals surface area contributed by atoms with E-state index in [4.69, 9.17) is 0 Å². The summed E-state index contributed by atoms with van der Waals surface area (Å²) >= 11 is 1.78. The summed E-state index contributed by atoms with van der Waals surface area (Å²) in [5.74, 6) is 2.22. The SMILES string of the molecule is CCc1nnc(N(Cc2cccs2)C(C)C)n1CCCN1CCCC1C(=O)N(C)C. The Hall–Kier alpha value is -1.93. The van der Waals surface area contributed by atoms with Crippen molar-refractivity contribution >= 4 is 23.2 Å². The van der Waals surface area contributed by atoms with Crippen LogP contribution in [0, 0.1) is 0 Å². The average Bonchev–Trinajstić information content (AvgIpc) is 3.46. The summed E-state index contributed by atoms with van der Waals surface area (Å²) in [5.41, 5.74) is 0. The van der Waals surface area contributed by atoms with Gasteiger partial charge in [0.05, 0.1) is 12.6 Å². The number of nitrogens with zero attached hydrogens (tertiary/aromatic N) is 6. The molecule has 0 radical (unpaired) electrons. The summed E-state index contributed by atoms with van der Waals surface area (Å²) in [6, 6.07) is 4.65. The highest BCUT2D eigenvalue weighted by Crippen LogP contribution is 2.23. The Balaban J connectivity index is 1.69. The van der Waals surface area contributed by atoms with E-state index in [-0.39, 0.29) is 11.9 Å². The number of amides is 1. The second-order valence-electron chi connectivity index (χ2n) is 8.50. The fourth-order valence-corrected chi connectivity index (χ4v) is 4.89. The molecule has 3 rings (SSSR count). The van der Waals surface area contributed by atoms with E-state index in [2.05, 4.69) is 62.8 Å². The average molecular weight is 433 g/mol. The molecule has 0 bridgehead atoms. The topological polar surface area (TPSA) is 57.5 Å². The van der Waals surface area contributed by atoms with Crippen LogP contribution >= 0.6 is 11.3 Å². The minimum Gasteiger partial charge on any atom is -0.347 e. The second kappa shape index (κ2) is 10.4. The molecular formula is C22H36N6OS. The molecule has 7 nitrogen and oxygen atoms in total. The largest absolute Gasteiger partial charge is 0.347 e. The Kier molecular flexibility index (Phi) is 7.88. The third-order valence-electron chi connectivity index (χ3n) is 5.83. The molecule has 0 N–H and O–H groups in total. The lowest BCUT2D eigenvalue weighted by atomic mass is 10.2.